The molecule has 5 heterocycles. The molecule has 2 saturated heterocycles. The maximum Gasteiger partial charge on any atom is 0.329 e. The summed E-state index contributed by atoms with van der Waals surface area (Å²) in [5, 5.41) is 7.05. The van der Waals surface area contributed by atoms with Crippen LogP contribution in [0.1, 0.15) is 68.1 Å². The van der Waals surface area contributed by atoms with Crippen LogP contribution < -0.4 is 5.69 Å². The number of imidazole rings is 1. The van der Waals surface area contributed by atoms with Crippen molar-refractivity contribution in [3.05, 3.63) is 64.2 Å². The summed E-state index contributed by atoms with van der Waals surface area (Å²) < 4.78 is 34.4. The second-order valence-electron chi connectivity index (χ2n) is 11.1. The molecule has 0 radical (unpaired) electrons. The lowest BCUT2D eigenvalue weighted by Crippen LogP contribution is -2.36. The van der Waals surface area contributed by atoms with Gasteiger partial charge in [0, 0.05) is 32.3 Å². The van der Waals surface area contributed by atoms with Crippen molar-refractivity contribution in [3.63, 3.8) is 0 Å². The number of carbonyl (C=O) groups is 1. The Balaban J connectivity index is 1.32. The molecule has 1 amide bonds. The molecule has 1 aromatic carbocycles. The Bertz CT molecular complexity index is 1590. The molecule has 0 bridgehead atoms. The van der Waals surface area contributed by atoms with Crippen LogP contribution in [0.15, 0.2) is 45.7 Å². The van der Waals surface area contributed by atoms with Gasteiger partial charge in [-0.25, -0.2) is 4.79 Å². The van der Waals surface area contributed by atoms with Crippen LogP contribution >= 0.6 is 0 Å². The Labute approximate surface area is 235 Å². The zero-order chi connectivity index (χ0) is 28.7. The Morgan fingerprint density at radius 1 is 1.02 bits per heavy atom. The number of aromatic nitrogens is 5. The van der Waals surface area contributed by atoms with Crippen molar-refractivity contribution in [1.29, 1.82) is 0 Å². The number of rotatable bonds is 6. The molecule has 0 unspecified atom stereocenters. The number of halogens is 2. The van der Waals surface area contributed by atoms with Crippen molar-refractivity contribution in [2.24, 2.45) is 0 Å². The molecule has 216 valence electrons. The van der Waals surface area contributed by atoms with E-state index in [2.05, 4.69) is 39.3 Å². The van der Waals surface area contributed by atoms with E-state index in [9.17, 15) is 18.4 Å². The largest absolute Gasteiger partial charge is 0.415 e. The van der Waals surface area contributed by atoms with E-state index >= 15 is 0 Å². The Morgan fingerprint density at radius 2 is 1.78 bits per heavy atom. The zero-order valence-corrected chi connectivity index (χ0v) is 23.2. The quantitative estimate of drug-likeness (QED) is 0.345. The number of piperidine rings is 2. The fourth-order valence-corrected chi connectivity index (χ4v) is 6.08. The number of likely N-dealkylation sites (tertiary alicyclic amines) is 2. The molecular weight excluding hydrogens is 532 g/mol. The highest BCUT2D eigenvalue weighted by molar-refractivity contribution is 5.78. The van der Waals surface area contributed by atoms with Gasteiger partial charge in [0.25, 0.3) is 5.89 Å². The number of carbonyl (C=O) groups excluding carboxylic acids is 1. The number of pyridine rings is 1. The summed E-state index contributed by atoms with van der Waals surface area (Å²) in [4.78, 5) is 34.4. The third-order valence-electron chi connectivity index (χ3n) is 8.47. The van der Waals surface area contributed by atoms with Crippen molar-refractivity contribution in [2.45, 2.75) is 57.5 Å². The third-order valence-corrected chi connectivity index (χ3v) is 8.47. The average Bonchev–Trinajstić information content (AvgIpc) is 3.58. The van der Waals surface area contributed by atoms with Crippen LogP contribution in [0.25, 0.3) is 22.5 Å². The predicted molar refractivity (Wildman–Crippen MR) is 148 cm³/mol. The molecule has 2 aliphatic rings. The minimum absolute atomic E-state index is 0.0305. The minimum atomic E-state index is -2.84. The smallest absolute Gasteiger partial charge is 0.329 e. The number of fused-ring (bicyclic) bond motifs is 1. The van der Waals surface area contributed by atoms with Gasteiger partial charge in [-0.05, 0) is 81.6 Å². The summed E-state index contributed by atoms with van der Waals surface area (Å²) in [6, 6.07) is 9.84. The number of benzene rings is 1. The fraction of sp³-hybridized carbons (Fsp3) is 0.483. The van der Waals surface area contributed by atoms with Crippen molar-refractivity contribution in [2.75, 3.05) is 33.2 Å². The van der Waals surface area contributed by atoms with E-state index in [1.165, 1.54) is 11.8 Å². The van der Waals surface area contributed by atoms with Crippen LogP contribution in [0.3, 0.4) is 0 Å². The van der Waals surface area contributed by atoms with Gasteiger partial charge in [0.05, 0.1) is 28.8 Å². The molecule has 3 aromatic heterocycles. The van der Waals surface area contributed by atoms with E-state index in [4.69, 9.17) is 4.42 Å². The second-order valence-corrected chi connectivity index (χ2v) is 11.1. The molecule has 2 fully saturated rings. The Morgan fingerprint density at radius 3 is 2.41 bits per heavy atom. The summed E-state index contributed by atoms with van der Waals surface area (Å²) in [5.41, 5.74) is 3.98. The van der Waals surface area contributed by atoms with E-state index in [0.29, 0.717) is 17.2 Å². The lowest BCUT2D eigenvalue weighted by atomic mass is 9.89. The van der Waals surface area contributed by atoms with Crippen LogP contribution in [0.4, 0.5) is 8.78 Å². The summed E-state index contributed by atoms with van der Waals surface area (Å²) >= 11 is 0. The van der Waals surface area contributed by atoms with Crippen LogP contribution in [0.5, 0.6) is 0 Å². The van der Waals surface area contributed by atoms with E-state index in [0.717, 1.165) is 62.9 Å². The molecule has 0 spiro atoms. The predicted octanol–water partition coefficient (Wildman–Crippen LogP) is 4.23. The van der Waals surface area contributed by atoms with Crippen molar-refractivity contribution in [3.8, 4) is 11.5 Å². The maximum atomic E-state index is 14.0. The molecule has 6 rings (SSSR count). The molecular formula is C29H33F2N7O3. The van der Waals surface area contributed by atoms with Crippen molar-refractivity contribution in [1.82, 2.24) is 34.1 Å². The number of alkyl halides is 2. The molecule has 2 aliphatic heterocycles. The minimum Gasteiger partial charge on any atom is -0.415 e. The van der Waals surface area contributed by atoms with Gasteiger partial charge in [-0.1, -0.05) is 6.07 Å². The lowest BCUT2D eigenvalue weighted by Gasteiger charge is -2.32. The monoisotopic (exact) mass is 565 g/mol. The molecule has 12 heteroatoms. The first-order valence-corrected chi connectivity index (χ1v) is 14.0. The van der Waals surface area contributed by atoms with Gasteiger partial charge in [-0.2, -0.15) is 8.78 Å². The number of hydrogen-bond donors (Lipinski definition) is 0. The molecule has 10 nitrogen and oxygen atoms in total. The van der Waals surface area contributed by atoms with E-state index in [1.54, 1.807) is 23.6 Å². The second kappa shape index (κ2) is 11.2. The maximum absolute atomic E-state index is 14.0. The van der Waals surface area contributed by atoms with Crippen molar-refractivity contribution >= 4 is 16.9 Å². The summed E-state index contributed by atoms with van der Waals surface area (Å²) in [5.74, 6) is -0.314. The van der Waals surface area contributed by atoms with E-state index < -0.39 is 12.3 Å². The first-order valence-electron chi connectivity index (χ1n) is 14.0. The molecule has 0 N–H and O–H groups in total. The molecule has 0 atom stereocenters. The highest BCUT2D eigenvalue weighted by Crippen LogP contribution is 2.32. The van der Waals surface area contributed by atoms with Gasteiger partial charge in [-0.15, -0.1) is 10.2 Å². The normalized spacial score (nSPS) is 17.6. The Hall–Kier alpha value is -3.93. The topological polar surface area (TPSA) is 102 Å². The molecule has 4 aromatic rings. The number of nitrogens with zero attached hydrogens (tertiary/aromatic N) is 7. The lowest BCUT2D eigenvalue weighted by molar-refractivity contribution is -0.129. The van der Waals surface area contributed by atoms with Crippen LogP contribution in [-0.2, 0) is 11.3 Å². The Kier molecular flexibility index (Phi) is 7.41. The zero-order valence-electron chi connectivity index (χ0n) is 23.2. The fourth-order valence-electron chi connectivity index (χ4n) is 6.08. The first-order chi connectivity index (χ1) is 19.8. The van der Waals surface area contributed by atoms with Gasteiger partial charge >= 0.3 is 12.1 Å². The SMILES string of the molecule is CC(=O)N1CCC(c2ccc3c(c2)n(C2CCN(C)CC2)c(=O)n3Cc2ccc(-c3nnc(C(F)F)o3)cn2)CC1. The highest BCUT2D eigenvalue weighted by Gasteiger charge is 2.27. The van der Waals surface area contributed by atoms with Crippen molar-refractivity contribution < 1.29 is 18.0 Å². The van der Waals surface area contributed by atoms with Gasteiger partial charge in [-0.3, -0.25) is 18.9 Å². The molecule has 0 saturated carbocycles. The first kappa shape index (κ1) is 27.3. The van der Waals surface area contributed by atoms with Gasteiger partial charge in [0.2, 0.25) is 11.8 Å². The van der Waals surface area contributed by atoms with Gasteiger partial charge in [0.1, 0.15) is 0 Å². The molecule has 41 heavy (non-hydrogen) atoms. The average molecular weight is 566 g/mol. The van der Waals surface area contributed by atoms with Crippen LogP contribution in [0.2, 0.25) is 0 Å². The van der Waals surface area contributed by atoms with E-state index in [1.807, 2.05) is 15.5 Å². The van der Waals surface area contributed by atoms with Crippen LogP contribution in [0, 0.1) is 0 Å². The summed E-state index contributed by atoms with van der Waals surface area (Å²) in [6.45, 7) is 5.23. The summed E-state index contributed by atoms with van der Waals surface area (Å²) in [7, 11) is 2.10. The van der Waals surface area contributed by atoms with Gasteiger partial charge in [0.15, 0.2) is 0 Å². The standard InChI is InChI=1S/C29H33F2N7O3/c1-18(39)36-13-7-19(8-14-36)20-4-6-24-25(15-20)38(23-9-11-35(2)12-10-23)29(40)37(24)17-22-5-3-21(16-32-22)27-33-34-28(41-27)26(30)31/h3-6,15-16,19,23,26H,7-14,17H2,1-2H3. The third kappa shape index (κ3) is 5.40. The van der Waals surface area contributed by atoms with Crippen LogP contribution in [-0.4, -0.2) is 73.2 Å². The van der Waals surface area contributed by atoms with E-state index in [-0.39, 0.29) is 30.1 Å². The van der Waals surface area contributed by atoms with Gasteiger partial charge < -0.3 is 14.2 Å². The highest BCUT2D eigenvalue weighted by atomic mass is 19.3. The number of amides is 1. The summed E-state index contributed by atoms with van der Waals surface area (Å²) in [6.07, 6.45) is 2.25. The molecule has 0 aliphatic carbocycles. The number of hydrogen-bond acceptors (Lipinski definition) is 7.